The SMILES string of the molecule is CC.CC.CC.CC.CC(C#N)C1=CCCCc2c1oc1c(N(c3ccc(C(C)C)cc3)c3ccc4ccc5c(N(c6ccc(C(C)C)cc6)c6cccc7c6oc6c(C(C)C)cccc67)ccc6ccc3c4c65)cccc21. The number of hydrogen-bond acceptors (Lipinski definition) is 5. The van der Waals surface area contributed by atoms with Crippen LogP contribution < -0.4 is 9.80 Å². The molecule has 1 aliphatic rings. The lowest BCUT2D eigenvalue weighted by Gasteiger charge is -2.29. The van der Waals surface area contributed by atoms with Gasteiger partial charge in [0.15, 0.2) is 11.2 Å². The first kappa shape index (κ1) is 56.4. The maximum atomic E-state index is 10.1. The van der Waals surface area contributed by atoms with Crippen molar-refractivity contribution in [2.24, 2.45) is 5.92 Å². The number of furan rings is 2. The van der Waals surface area contributed by atoms with Gasteiger partial charge in [0.05, 0.1) is 34.7 Å². The summed E-state index contributed by atoms with van der Waals surface area (Å²) in [5, 5.41) is 20.6. The average Bonchev–Trinajstić information content (AvgIpc) is 4.15. The second-order valence-corrected chi connectivity index (χ2v) is 20.4. The van der Waals surface area contributed by atoms with Crippen molar-refractivity contribution in [1.82, 2.24) is 0 Å². The largest absolute Gasteiger partial charge is 0.454 e. The maximum Gasteiger partial charge on any atom is 0.159 e. The van der Waals surface area contributed by atoms with Crippen LogP contribution in [0.5, 0.6) is 0 Å². The summed E-state index contributed by atoms with van der Waals surface area (Å²) in [5.74, 6) is 1.70. The molecule has 9 aromatic carbocycles. The van der Waals surface area contributed by atoms with Crippen molar-refractivity contribution in [3.63, 3.8) is 0 Å². The quantitative estimate of drug-likeness (QED) is 0.128. The molecular weight excluding hydrogens is 951 g/mol. The second-order valence-electron chi connectivity index (χ2n) is 20.4. The topological polar surface area (TPSA) is 56.6 Å². The molecule has 12 rings (SSSR count). The summed E-state index contributed by atoms with van der Waals surface area (Å²) in [6.07, 6.45) is 5.07. The first-order chi connectivity index (χ1) is 38.1. The zero-order valence-corrected chi connectivity index (χ0v) is 49.1. The van der Waals surface area contributed by atoms with Crippen molar-refractivity contribution in [2.75, 3.05) is 9.80 Å². The van der Waals surface area contributed by atoms with Gasteiger partial charge in [0.2, 0.25) is 0 Å². The Bertz CT molecular complexity index is 3880. The number of fused-ring (bicyclic) bond motifs is 6. The molecule has 1 unspecified atom stereocenters. The summed E-state index contributed by atoms with van der Waals surface area (Å²) in [5.41, 5.74) is 14.9. The molecule has 1 aliphatic carbocycles. The number of rotatable bonds is 10. The summed E-state index contributed by atoms with van der Waals surface area (Å²) in [7, 11) is 0. The number of anilines is 6. The molecule has 0 bridgehead atoms. The minimum atomic E-state index is -0.275. The van der Waals surface area contributed by atoms with Gasteiger partial charge in [-0.2, -0.15) is 5.26 Å². The molecule has 400 valence electrons. The summed E-state index contributed by atoms with van der Waals surface area (Å²) in [6.45, 7) is 31.4. The van der Waals surface area contributed by atoms with Crippen molar-refractivity contribution in [2.45, 2.75) is 141 Å². The van der Waals surface area contributed by atoms with Crippen molar-refractivity contribution in [3.8, 4) is 6.07 Å². The van der Waals surface area contributed by atoms with Crippen LogP contribution in [0.1, 0.15) is 162 Å². The minimum Gasteiger partial charge on any atom is -0.454 e. The van der Waals surface area contributed by atoms with E-state index in [4.69, 9.17) is 8.83 Å². The molecule has 5 heteroatoms. The fourth-order valence-electron chi connectivity index (χ4n) is 11.3. The molecule has 0 saturated carbocycles. The lowest BCUT2D eigenvalue weighted by molar-refractivity contribution is 0.588. The zero-order valence-electron chi connectivity index (χ0n) is 49.1. The van der Waals surface area contributed by atoms with Crippen LogP contribution >= 0.6 is 0 Å². The van der Waals surface area contributed by atoms with Gasteiger partial charge in [-0.1, -0.05) is 206 Å². The Morgan fingerprint density at radius 1 is 0.436 bits per heavy atom. The van der Waals surface area contributed by atoms with Crippen LogP contribution in [-0.4, -0.2) is 0 Å². The number of para-hydroxylation sites is 3. The van der Waals surface area contributed by atoms with Crippen molar-refractivity contribution >= 4 is 105 Å². The van der Waals surface area contributed by atoms with Gasteiger partial charge < -0.3 is 18.6 Å². The van der Waals surface area contributed by atoms with Gasteiger partial charge >= 0.3 is 0 Å². The van der Waals surface area contributed by atoms with Gasteiger partial charge in [0.1, 0.15) is 11.3 Å². The molecule has 0 fully saturated rings. The van der Waals surface area contributed by atoms with Crippen LogP contribution in [0.25, 0.3) is 70.8 Å². The highest BCUT2D eigenvalue weighted by molar-refractivity contribution is 6.28. The molecule has 0 N–H and O–H groups in total. The van der Waals surface area contributed by atoms with Crippen LogP contribution in [0.15, 0.2) is 167 Å². The Hall–Kier alpha value is -7.81. The first-order valence-electron chi connectivity index (χ1n) is 29.2. The van der Waals surface area contributed by atoms with E-state index in [-0.39, 0.29) is 5.92 Å². The predicted molar refractivity (Wildman–Crippen MR) is 340 cm³/mol. The Labute approximate surface area is 465 Å². The van der Waals surface area contributed by atoms with E-state index in [0.29, 0.717) is 17.8 Å². The van der Waals surface area contributed by atoms with E-state index < -0.39 is 0 Å². The maximum absolute atomic E-state index is 10.1. The third-order valence-electron chi connectivity index (χ3n) is 15.1. The van der Waals surface area contributed by atoms with Gasteiger partial charge in [-0.25, -0.2) is 0 Å². The molecule has 0 radical (unpaired) electrons. The number of aryl methyl sites for hydroxylation is 1. The van der Waals surface area contributed by atoms with Gasteiger partial charge in [-0.05, 0) is 131 Å². The molecule has 2 heterocycles. The van der Waals surface area contributed by atoms with Crippen molar-refractivity contribution < 1.29 is 8.83 Å². The average molecular weight is 1030 g/mol. The Morgan fingerprint density at radius 2 is 0.885 bits per heavy atom. The number of nitrogens with zero attached hydrogens (tertiary/aromatic N) is 3. The number of nitriles is 1. The molecular formula is C73H81N3O2. The second kappa shape index (κ2) is 24.7. The highest BCUT2D eigenvalue weighted by Crippen LogP contribution is 2.51. The first-order valence-corrected chi connectivity index (χ1v) is 29.2. The van der Waals surface area contributed by atoms with E-state index in [0.717, 1.165) is 108 Å². The van der Waals surface area contributed by atoms with E-state index in [2.05, 4.69) is 215 Å². The highest BCUT2D eigenvalue weighted by atomic mass is 16.3. The zero-order chi connectivity index (χ0) is 55.9. The van der Waals surface area contributed by atoms with E-state index in [1.807, 2.05) is 62.3 Å². The van der Waals surface area contributed by atoms with Crippen LogP contribution in [0.4, 0.5) is 34.1 Å². The van der Waals surface area contributed by atoms with E-state index >= 15 is 0 Å². The standard InChI is InChI=1S/C65H57N3O2.4C2H6/c1-38(2)42-21-29-46(30-22-42)67(58-19-12-18-53-51-16-10-15-48(40(5)6)62(51)69-64(53)58)56-35-27-44-26-34-55-57(36-28-45-25-33-54(56)60(44)61(45)55)68(47-31-23-43(24-32-47)39(3)4)59-20-11-17-52-50-14-9-8-13-49(41(7)37-66)63(50)70-65(52)59;4*1-2/h10-13,15-36,38-41H,8-9,14H2,1-7H3;4*1-2H3. The van der Waals surface area contributed by atoms with E-state index in [9.17, 15) is 5.26 Å². The van der Waals surface area contributed by atoms with Crippen LogP contribution in [0, 0.1) is 17.2 Å². The Morgan fingerprint density at radius 3 is 1.36 bits per heavy atom. The molecule has 0 saturated heterocycles. The Kier molecular flexibility index (Phi) is 17.8. The van der Waals surface area contributed by atoms with Crippen LogP contribution in [0.3, 0.4) is 0 Å². The molecule has 78 heavy (non-hydrogen) atoms. The van der Waals surface area contributed by atoms with Gasteiger partial charge in [0, 0.05) is 49.4 Å². The molecule has 0 aliphatic heterocycles. The molecule has 1 atom stereocenters. The Balaban J connectivity index is 0.000000961. The number of benzene rings is 9. The molecule has 0 amide bonds. The predicted octanol–water partition coefficient (Wildman–Crippen LogP) is 23.5. The van der Waals surface area contributed by atoms with Gasteiger partial charge in [-0.15, -0.1) is 0 Å². The fraction of sp³-hybridized carbons (Fsp3) is 0.301. The highest BCUT2D eigenvalue weighted by Gasteiger charge is 2.29. The summed E-state index contributed by atoms with van der Waals surface area (Å²) >= 11 is 0. The van der Waals surface area contributed by atoms with Crippen molar-refractivity contribution in [3.05, 3.63) is 186 Å². The number of hydrogen-bond donors (Lipinski definition) is 0. The third kappa shape index (κ3) is 10.0. The van der Waals surface area contributed by atoms with Gasteiger partial charge in [0.25, 0.3) is 0 Å². The number of allylic oxidation sites excluding steroid dienone is 2. The normalized spacial score (nSPS) is 12.5. The summed E-state index contributed by atoms with van der Waals surface area (Å²) in [4.78, 5) is 4.81. The van der Waals surface area contributed by atoms with Crippen LogP contribution in [0.2, 0.25) is 0 Å². The van der Waals surface area contributed by atoms with Crippen LogP contribution in [-0.2, 0) is 6.42 Å². The molecule has 11 aromatic rings. The third-order valence-corrected chi connectivity index (χ3v) is 15.1. The van der Waals surface area contributed by atoms with Crippen molar-refractivity contribution in [1.29, 1.82) is 5.26 Å². The van der Waals surface area contributed by atoms with E-state index in [1.165, 1.54) is 43.8 Å². The molecule has 2 aromatic heterocycles. The molecule has 0 spiro atoms. The summed E-state index contributed by atoms with van der Waals surface area (Å²) in [6, 6.07) is 58.7. The van der Waals surface area contributed by atoms with Gasteiger partial charge in [-0.3, -0.25) is 0 Å². The monoisotopic (exact) mass is 1030 g/mol. The lowest BCUT2D eigenvalue weighted by Crippen LogP contribution is -2.12. The fourth-order valence-corrected chi connectivity index (χ4v) is 11.3. The lowest BCUT2D eigenvalue weighted by atomic mass is 9.91. The smallest absolute Gasteiger partial charge is 0.159 e. The van der Waals surface area contributed by atoms with E-state index in [1.54, 1.807) is 0 Å². The summed E-state index contributed by atoms with van der Waals surface area (Å²) < 4.78 is 14.1. The minimum absolute atomic E-state index is 0.275. The molecule has 5 nitrogen and oxygen atoms in total.